The summed E-state index contributed by atoms with van der Waals surface area (Å²) in [5, 5.41) is 3.21. The second kappa shape index (κ2) is 8.73. The highest BCUT2D eigenvalue weighted by molar-refractivity contribution is 7.57. The Hall–Kier alpha value is -0.310. The van der Waals surface area contributed by atoms with Gasteiger partial charge >= 0.3 is 7.60 Å². The lowest BCUT2D eigenvalue weighted by atomic mass is 10.3. The lowest BCUT2D eigenvalue weighted by molar-refractivity contribution is 0.149. The second-order valence-corrected chi connectivity index (χ2v) is 6.70. The molecular formula is C13H28NO3P. The summed E-state index contributed by atoms with van der Waals surface area (Å²) in [5.41, 5.74) is 0.841. The number of hydrogen-bond acceptors (Lipinski definition) is 4. The van der Waals surface area contributed by atoms with Crippen molar-refractivity contribution in [3.63, 3.8) is 0 Å². The third kappa shape index (κ3) is 8.73. The summed E-state index contributed by atoms with van der Waals surface area (Å²) in [6.07, 6.45) is 1.96. The molecule has 0 unspecified atom stereocenters. The van der Waals surface area contributed by atoms with E-state index in [0.29, 0.717) is 0 Å². The van der Waals surface area contributed by atoms with Crippen LogP contribution < -0.4 is 5.32 Å². The van der Waals surface area contributed by atoms with E-state index in [1.54, 1.807) is 5.82 Å². The molecule has 5 heteroatoms. The maximum absolute atomic E-state index is 12.5. The first-order valence-electron chi connectivity index (χ1n) is 6.69. The van der Waals surface area contributed by atoms with Crippen molar-refractivity contribution in [1.29, 1.82) is 0 Å². The standard InChI is InChI=1S/C13H28NO3P/c1-7-8-9-14-13(6)10-18(15,16-11(2)3)17-12(4)5/h10-12,14H,7-9H2,1-6H3/b13-10-. The van der Waals surface area contributed by atoms with E-state index in [1.165, 1.54) is 0 Å². The van der Waals surface area contributed by atoms with E-state index in [0.717, 1.165) is 25.1 Å². The summed E-state index contributed by atoms with van der Waals surface area (Å²) < 4.78 is 23.4. The summed E-state index contributed by atoms with van der Waals surface area (Å²) in [6.45, 7) is 12.3. The first kappa shape index (κ1) is 17.7. The third-order valence-corrected chi connectivity index (χ3v) is 4.14. The Labute approximate surface area is 112 Å². The fourth-order valence-corrected chi connectivity index (χ4v) is 3.33. The minimum Gasteiger partial charge on any atom is -0.388 e. The lowest BCUT2D eigenvalue weighted by Crippen LogP contribution is -2.13. The number of rotatable bonds is 9. The SMILES string of the molecule is CCCCN/C(C)=C\P(=O)(OC(C)C)OC(C)C. The molecule has 18 heavy (non-hydrogen) atoms. The summed E-state index contributed by atoms with van der Waals surface area (Å²) in [7, 11) is -3.16. The predicted molar refractivity (Wildman–Crippen MR) is 76.7 cm³/mol. The molecule has 0 bridgehead atoms. The average Bonchev–Trinajstić information content (AvgIpc) is 2.13. The molecule has 108 valence electrons. The fourth-order valence-electron chi connectivity index (χ4n) is 1.42. The van der Waals surface area contributed by atoms with E-state index in [9.17, 15) is 4.57 Å². The van der Waals surface area contributed by atoms with Crippen molar-refractivity contribution in [3.8, 4) is 0 Å². The molecule has 0 spiro atoms. The summed E-state index contributed by atoms with van der Waals surface area (Å²) >= 11 is 0. The second-order valence-electron chi connectivity index (χ2n) is 4.94. The van der Waals surface area contributed by atoms with Gasteiger partial charge in [-0.1, -0.05) is 13.3 Å². The topological polar surface area (TPSA) is 47.6 Å². The van der Waals surface area contributed by atoms with Crippen LogP contribution in [0.1, 0.15) is 54.4 Å². The molecule has 0 aromatic heterocycles. The molecule has 1 N–H and O–H groups in total. The first-order valence-corrected chi connectivity index (χ1v) is 8.30. The van der Waals surface area contributed by atoms with Gasteiger partial charge in [-0.3, -0.25) is 4.57 Å². The Morgan fingerprint density at radius 2 is 1.72 bits per heavy atom. The van der Waals surface area contributed by atoms with E-state index in [2.05, 4.69) is 12.2 Å². The summed E-state index contributed by atoms with van der Waals surface area (Å²) in [5.74, 6) is 1.59. The molecular weight excluding hydrogens is 249 g/mol. The van der Waals surface area contributed by atoms with Crippen molar-refractivity contribution in [2.75, 3.05) is 6.54 Å². The zero-order valence-electron chi connectivity index (χ0n) is 12.5. The Balaban J connectivity index is 4.65. The molecule has 0 saturated heterocycles. The largest absolute Gasteiger partial charge is 0.388 e. The fraction of sp³-hybridized carbons (Fsp3) is 0.846. The van der Waals surface area contributed by atoms with E-state index < -0.39 is 7.60 Å². The van der Waals surface area contributed by atoms with Crippen LogP contribution in [0.15, 0.2) is 11.5 Å². The highest BCUT2D eigenvalue weighted by Gasteiger charge is 2.25. The molecule has 0 aliphatic rings. The van der Waals surface area contributed by atoms with Crippen LogP contribution in [-0.2, 0) is 13.6 Å². The molecule has 0 fully saturated rings. The zero-order chi connectivity index (χ0) is 14.2. The molecule has 0 aliphatic carbocycles. The monoisotopic (exact) mass is 277 g/mol. The van der Waals surface area contributed by atoms with Crippen molar-refractivity contribution in [2.45, 2.75) is 66.6 Å². The first-order chi connectivity index (χ1) is 8.29. The molecule has 0 rings (SSSR count). The minimum atomic E-state index is -3.16. The van der Waals surface area contributed by atoms with Gasteiger partial charge in [-0.05, 0) is 41.0 Å². The van der Waals surface area contributed by atoms with Crippen LogP contribution in [-0.4, -0.2) is 18.8 Å². The Bertz CT molecular complexity index is 287. The Morgan fingerprint density at radius 3 is 2.11 bits per heavy atom. The van der Waals surface area contributed by atoms with Gasteiger partial charge < -0.3 is 14.4 Å². The van der Waals surface area contributed by atoms with Gasteiger partial charge in [0.25, 0.3) is 0 Å². The quantitative estimate of drug-likeness (QED) is 0.505. The molecule has 0 saturated carbocycles. The highest BCUT2D eigenvalue weighted by atomic mass is 31.2. The van der Waals surface area contributed by atoms with Crippen molar-refractivity contribution in [3.05, 3.63) is 11.5 Å². The van der Waals surface area contributed by atoms with Gasteiger partial charge in [-0.15, -0.1) is 0 Å². The van der Waals surface area contributed by atoms with Crippen LogP contribution in [0.5, 0.6) is 0 Å². The smallest absolute Gasteiger partial charge is 0.356 e. The van der Waals surface area contributed by atoms with Crippen molar-refractivity contribution < 1.29 is 13.6 Å². The molecule has 4 nitrogen and oxygen atoms in total. The number of nitrogens with one attached hydrogen (secondary N) is 1. The van der Waals surface area contributed by atoms with E-state index in [4.69, 9.17) is 9.05 Å². The molecule has 0 amide bonds. The van der Waals surface area contributed by atoms with Crippen molar-refractivity contribution >= 4 is 7.60 Å². The highest BCUT2D eigenvalue weighted by Crippen LogP contribution is 2.52. The minimum absolute atomic E-state index is 0.130. The molecule has 0 heterocycles. The van der Waals surface area contributed by atoms with E-state index in [-0.39, 0.29) is 12.2 Å². The van der Waals surface area contributed by atoms with Gasteiger partial charge in [0, 0.05) is 18.1 Å². The predicted octanol–water partition coefficient (Wildman–Crippen LogP) is 4.28. The number of hydrogen-bond donors (Lipinski definition) is 1. The van der Waals surface area contributed by atoms with Crippen LogP contribution in [0.4, 0.5) is 0 Å². The third-order valence-electron chi connectivity index (χ3n) is 2.00. The maximum Gasteiger partial charge on any atom is 0.356 e. The van der Waals surface area contributed by atoms with Crippen LogP contribution in [0.25, 0.3) is 0 Å². The molecule has 0 atom stereocenters. The van der Waals surface area contributed by atoms with Crippen molar-refractivity contribution in [2.24, 2.45) is 0 Å². The van der Waals surface area contributed by atoms with Crippen LogP contribution in [0, 0.1) is 0 Å². The molecule has 0 aromatic carbocycles. The molecule has 0 aliphatic heterocycles. The summed E-state index contributed by atoms with van der Waals surface area (Å²) in [6, 6.07) is 0. The normalized spacial score (nSPS) is 13.4. The molecule has 0 radical (unpaired) electrons. The van der Waals surface area contributed by atoms with Crippen LogP contribution >= 0.6 is 7.60 Å². The van der Waals surface area contributed by atoms with Gasteiger partial charge in [0.1, 0.15) is 0 Å². The molecule has 0 aromatic rings. The van der Waals surface area contributed by atoms with Crippen LogP contribution in [0.2, 0.25) is 0 Å². The van der Waals surface area contributed by atoms with Gasteiger partial charge in [0.15, 0.2) is 0 Å². The van der Waals surface area contributed by atoms with E-state index >= 15 is 0 Å². The van der Waals surface area contributed by atoms with Gasteiger partial charge in [0.05, 0.1) is 12.2 Å². The van der Waals surface area contributed by atoms with E-state index in [1.807, 2.05) is 34.6 Å². The van der Waals surface area contributed by atoms with Crippen LogP contribution in [0.3, 0.4) is 0 Å². The lowest BCUT2D eigenvalue weighted by Gasteiger charge is -2.21. The number of allylic oxidation sites excluding steroid dienone is 1. The Morgan fingerprint density at radius 1 is 1.22 bits per heavy atom. The van der Waals surface area contributed by atoms with Gasteiger partial charge in [-0.25, -0.2) is 0 Å². The van der Waals surface area contributed by atoms with Gasteiger partial charge in [-0.2, -0.15) is 0 Å². The zero-order valence-corrected chi connectivity index (χ0v) is 13.4. The Kier molecular flexibility index (Phi) is 8.58. The number of unbranched alkanes of at least 4 members (excludes halogenated alkanes) is 1. The van der Waals surface area contributed by atoms with Crippen molar-refractivity contribution in [1.82, 2.24) is 5.32 Å². The maximum atomic E-state index is 12.5. The van der Waals surface area contributed by atoms with Gasteiger partial charge in [0.2, 0.25) is 0 Å². The summed E-state index contributed by atoms with van der Waals surface area (Å²) in [4.78, 5) is 0. The average molecular weight is 277 g/mol.